The topological polar surface area (TPSA) is 30.5 Å². The molecule has 0 heterocycles. The zero-order chi connectivity index (χ0) is 13.5. The summed E-state index contributed by atoms with van der Waals surface area (Å²) in [4.78, 5) is 0. The van der Waals surface area contributed by atoms with Gasteiger partial charge >= 0.3 is 0 Å². The summed E-state index contributed by atoms with van der Waals surface area (Å²) in [7, 11) is 3.42. The Morgan fingerprint density at radius 2 is 1.58 bits per heavy atom. The van der Waals surface area contributed by atoms with E-state index in [1.54, 1.807) is 14.2 Å². The fourth-order valence-electron chi connectivity index (χ4n) is 2.83. The van der Waals surface area contributed by atoms with Crippen molar-refractivity contribution < 1.29 is 9.47 Å². The molecule has 2 rings (SSSR count). The Morgan fingerprint density at radius 3 is 2.11 bits per heavy atom. The second kappa shape index (κ2) is 7.39. The monoisotopic (exact) mass is 263 g/mol. The van der Waals surface area contributed by atoms with E-state index in [0.29, 0.717) is 6.04 Å². The molecule has 1 aliphatic rings. The first-order valence-electron chi connectivity index (χ1n) is 7.28. The molecule has 1 aromatic rings. The van der Waals surface area contributed by atoms with Gasteiger partial charge in [-0.25, -0.2) is 0 Å². The van der Waals surface area contributed by atoms with Crippen LogP contribution in [-0.4, -0.2) is 20.3 Å². The molecule has 106 valence electrons. The van der Waals surface area contributed by atoms with Gasteiger partial charge in [-0.1, -0.05) is 31.7 Å². The first-order valence-corrected chi connectivity index (χ1v) is 7.28. The molecule has 0 atom stereocenters. The lowest BCUT2D eigenvalue weighted by molar-refractivity contribution is 0.375. The molecule has 1 saturated carbocycles. The van der Waals surface area contributed by atoms with Crippen LogP contribution in [0.15, 0.2) is 18.2 Å². The molecule has 3 heteroatoms. The van der Waals surface area contributed by atoms with Crippen molar-refractivity contribution in [3.63, 3.8) is 0 Å². The normalized spacial score (nSPS) is 16.9. The summed E-state index contributed by atoms with van der Waals surface area (Å²) < 4.78 is 10.9. The van der Waals surface area contributed by atoms with Gasteiger partial charge in [-0.3, -0.25) is 0 Å². The van der Waals surface area contributed by atoms with Crippen LogP contribution in [0.3, 0.4) is 0 Å². The average molecular weight is 263 g/mol. The molecule has 0 spiro atoms. The van der Waals surface area contributed by atoms with Crippen LogP contribution in [-0.2, 0) is 6.54 Å². The number of nitrogens with one attached hydrogen (secondary N) is 1. The maximum absolute atomic E-state index is 5.43. The lowest BCUT2D eigenvalue weighted by Crippen LogP contribution is -2.28. The van der Waals surface area contributed by atoms with E-state index in [2.05, 4.69) is 5.32 Å². The first-order chi connectivity index (χ1) is 9.35. The molecule has 1 fully saturated rings. The van der Waals surface area contributed by atoms with Crippen molar-refractivity contribution in [1.29, 1.82) is 0 Å². The summed E-state index contributed by atoms with van der Waals surface area (Å²) in [5, 5.41) is 3.67. The van der Waals surface area contributed by atoms with E-state index in [-0.39, 0.29) is 0 Å². The lowest BCUT2D eigenvalue weighted by atomic mass is 10.1. The Kier molecular flexibility index (Phi) is 5.52. The Morgan fingerprint density at radius 1 is 1.00 bits per heavy atom. The highest BCUT2D eigenvalue weighted by molar-refractivity contribution is 5.44. The van der Waals surface area contributed by atoms with Gasteiger partial charge in [0, 0.05) is 18.2 Å². The highest BCUT2D eigenvalue weighted by atomic mass is 16.5. The average Bonchev–Trinajstić information content (AvgIpc) is 2.73. The lowest BCUT2D eigenvalue weighted by Gasteiger charge is -2.19. The molecule has 1 N–H and O–H groups in total. The number of ether oxygens (including phenoxy) is 2. The third-order valence-electron chi connectivity index (χ3n) is 3.95. The van der Waals surface area contributed by atoms with Gasteiger partial charge in [-0.15, -0.1) is 0 Å². The SMILES string of the molecule is COc1cccc(OC)c1CNC1CCCCCC1. The minimum Gasteiger partial charge on any atom is -0.496 e. The minimum atomic E-state index is 0.636. The quantitative estimate of drug-likeness (QED) is 0.825. The Bertz CT molecular complexity index is 362. The van der Waals surface area contributed by atoms with Gasteiger partial charge in [0.05, 0.1) is 14.2 Å². The summed E-state index contributed by atoms with van der Waals surface area (Å²) in [6.07, 6.45) is 8.04. The summed E-state index contributed by atoms with van der Waals surface area (Å²) in [6.45, 7) is 0.817. The predicted octanol–water partition coefficient (Wildman–Crippen LogP) is 3.52. The maximum atomic E-state index is 5.43. The van der Waals surface area contributed by atoms with Crippen LogP contribution in [0.2, 0.25) is 0 Å². The summed E-state index contributed by atoms with van der Waals surface area (Å²) in [5.41, 5.74) is 1.12. The molecule has 0 aromatic heterocycles. The van der Waals surface area contributed by atoms with Gasteiger partial charge in [0.2, 0.25) is 0 Å². The van der Waals surface area contributed by atoms with E-state index in [1.807, 2.05) is 18.2 Å². The molecule has 0 unspecified atom stereocenters. The molecular weight excluding hydrogens is 238 g/mol. The second-order valence-corrected chi connectivity index (χ2v) is 5.21. The molecule has 0 saturated heterocycles. The highest BCUT2D eigenvalue weighted by Crippen LogP contribution is 2.28. The third kappa shape index (κ3) is 3.87. The van der Waals surface area contributed by atoms with Crippen LogP contribution in [0.25, 0.3) is 0 Å². The van der Waals surface area contributed by atoms with E-state index in [9.17, 15) is 0 Å². The zero-order valence-corrected chi connectivity index (χ0v) is 12.1. The van der Waals surface area contributed by atoms with Crippen molar-refractivity contribution in [1.82, 2.24) is 5.32 Å². The van der Waals surface area contributed by atoms with Crippen LogP contribution in [0.1, 0.15) is 44.1 Å². The van der Waals surface area contributed by atoms with Crippen LogP contribution in [0.5, 0.6) is 11.5 Å². The van der Waals surface area contributed by atoms with Gasteiger partial charge in [0.1, 0.15) is 11.5 Å². The van der Waals surface area contributed by atoms with Crippen LogP contribution in [0, 0.1) is 0 Å². The fourth-order valence-corrected chi connectivity index (χ4v) is 2.83. The van der Waals surface area contributed by atoms with Gasteiger partial charge in [0.25, 0.3) is 0 Å². The van der Waals surface area contributed by atoms with Crippen molar-refractivity contribution in [2.75, 3.05) is 14.2 Å². The molecule has 19 heavy (non-hydrogen) atoms. The van der Waals surface area contributed by atoms with Crippen molar-refractivity contribution in [3.05, 3.63) is 23.8 Å². The van der Waals surface area contributed by atoms with Gasteiger partial charge < -0.3 is 14.8 Å². The first kappa shape index (κ1) is 14.2. The Hall–Kier alpha value is -1.22. The largest absolute Gasteiger partial charge is 0.496 e. The van der Waals surface area contributed by atoms with Crippen LogP contribution >= 0.6 is 0 Å². The van der Waals surface area contributed by atoms with E-state index in [0.717, 1.165) is 23.6 Å². The number of hydrogen-bond donors (Lipinski definition) is 1. The molecule has 1 aliphatic carbocycles. The van der Waals surface area contributed by atoms with Gasteiger partial charge in [0.15, 0.2) is 0 Å². The van der Waals surface area contributed by atoms with E-state index >= 15 is 0 Å². The second-order valence-electron chi connectivity index (χ2n) is 5.21. The Labute approximate surface area is 116 Å². The third-order valence-corrected chi connectivity index (χ3v) is 3.95. The molecule has 3 nitrogen and oxygen atoms in total. The van der Waals surface area contributed by atoms with Crippen LogP contribution < -0.4 is 14.8 Å². The van der Waals surface area contributed by atoms with E-state index < -0.39 is 0 Å². The number of benzene rings is 1. The number of rotatable bonds is 5. The maximum Gasteiger partial charge on any atom is 0.127 e. The smallest absolute Gasteiger partial charge is 0.127 e. The van der Waals surface area contributed by atoms with Crippen molar-refractivity contribution in [3.8, 4) is 11.5 Å². The number of hydrogen-bond acceptors (Lipinski definition) is 3. The molecular formula is C16H25NO2. The predicted molar refractivity (Wildman–Crippen MR) is 77.9 cm³/mol. The summed E-state index contributed by atoms with van der Waals surface area (Å²) in [6, 6.07) is 6.59. The molecule has 0 radical (unpaired) electrons. The van der Waals surface area contributed by atoms with Gasteiger partial charge in [-0.05, 0) is 25.0 Å². The fraction of sp³-hybridized carbons (Fsp3) is 0.625. The standard InChI is InChI=1S/C16H25NO2/c1-18-15-10-7-11-16(19-2)14(15)12-17-13-8-5-3-4-6-9-13/h7,10-11,13,17H,3-6,8-9,12H2,1-2H3. The Balaban J connectivity index is 2.01. The van der Waals surface area contributed by atoms with Crippen molar-refractivity contribution >= 4 is 0 Å². The summed E-state index contributed by atoms with van der Waals surface area (Å²) >= 11 is 0. The van der Waals surface area contributed by atoms with Crippen LogP contribution in [0.4, 0.5) is 0 Å². The zero-order valence-electron chi connectivity index (χ0n) is 12.1. The molecule has 1 aromatic carbocycles. The molecule has 0 aliphatic heterocycles. The highest BCUT2D eigenvalue weighted by Gasteiger charge is 2.14. The van der Waals surface area contributed by atoms with Gasteiger partial charge in [-0.2, -0.15) is 0 Å². The number of methoxy groups -OCH3 is 2. The van der Waals surface area contributed by atoms with Crippen molar-refractivity contribution in [2.24, 2.45) is 0 Å². The van der Waals surface area contributed by atoms with E-state index in [4.69, 9.17) is 9.47 Å². The molecule has 0 bridgehead atoms. The summed E-state index contributed by atoms with van der Waals surface area (Å²) in [5.74, 6) is 1.81. The minimum absolute atomic E-state index is 0.636. The van der Waals surface area contributed by atoms with E-state index in [1.165, 1.54) is 38.5 Å². The molecule has 0 amide bonds. The van der Waals surface area contributed by atoms with Crippen molar-refractivity contribution in [2.45, 2.75) is 51.1 Å².